The van der Waals surface area contributed by atoms with Crippen LogP contribution < -0.4 is 0 Å². The molecule has 0 rings (SSSR count). The van der Waals surface area contributed by atoms with Gasteiger partial charge in [-0.2, -0.15) is 0 Å². The van der Waals surface area contributed by atoms with Gasteiger partial charge in [0.15, 0.2) is 12.2 Å². The summed E-state index contributed by atoms with van der Waals surface area (Å²) in [5.74, 6) is 0.771. The van der Waals surface area contributed by atoms with Crippen LogP contribution in [-0.2, 0) is 65.4 Å². The summed E-state index contributed by atoms with van der Waals surface area (Å²) in [4.78, 5) is 72.3. The lowest BCUT2D eigenvalue weighted by molar-refractivity contribution is -0.161. The van der Waals surface area contributed by atoms with Crippen LogP contribution in [0.25, 0.3) is 0 Å². The number of hydrogen-bond donors (Lipinski definition) is 3. The number of ether oxygens (including phenoxy) is 4. The van der Waals surface area contributed by atoms with Gasteiger partial charge in [-0.15, -0.1) is 0 Å². The Morgan fingerprint density at radius 1 is 0.322 bits per heavy atom. The zero-order chi connectivity index (χ0) is 64.7. The number of unbranched alkanes of at least 4 members (excludes halogenated alkanes) is 30. The molecule has 17 nitrogen and oxygen atoms in total. The molecule has 516 valence electrons. The lowest BCUT2D eigenvalue weighted by atomic mass is 10.00. The second kappa shape index (κ2) is 57.9. The van der Waals surface area contributed by atoms with Crippen LogP contribution >= 0.6 is 15.6 Å². The van der Waals surface area contributed by atoms with E-state index in [1.165, 1.54) is 122 Å². The minimum atomic E-state index is -4.95. The van der Waals surface area contributed by atoms with E-state index in [1.54, 1.807) is 0 Å². The number of esters is 4. The van der Waals surface area contributed by atoms with Gasteiger partial charge in [0.2, 0.25) is 0 Å². The summed E-state index contributed by atoms with van der Waals surface area (Å²) in [5, 5.41) is 10.6. The summed E-state index contributed by atoms with van der Waals surface area (Å²) in [5.41, 5.74) is 0. The van der Waals surface area contributed by atoms with Crippen LogP contribution in [0.15, 0.2) is 0 Å². The van der Waals surface area contributed by atoms with Crippen LogP contribution in [0.1, 0.15) is 331 Å². The summed E-state index contributed by atoms with van der Waals surface area (Å²) in [6, 6.07) is 0. The molecule has 0 aliphatic carbocycles. The van der Waals surface area contributed by atoms with E-state index >= 15 is 0 Å². The molecule has 3 unspecified atom stereocenters. The highest BCUT2D eigenvalue weighted by Gasteiger charge is 2.30. The molecule has 6 atom stereocenters. The van der Waals surface area contributed by atoms with E-state index in [4.69, 9.17) is 37.0 Å². The number of carbonyl (C=O) groups is 4. The molecule has 87 heavy (non-hydrogen) atoms. The molecule has 0 aromatic rings. The molecule has 0 aromatic carbocycles. The summed E-state index contributed by atoms with van der Waals surface area (Å²) >= 11 is 0. The number of aliphatic hydroxyl groups is 1. The first-order chi connectivity index (χ1) is 41.6. The maximum Gasteiger partial charge on any atom is 0.472 e. The van der Waals surface area contributed by atoms with Gasteiger partial charge in [-0.25, -0.2) is 9.13 Å². The topological polar surface area (TPSA) is 237 Å². The summed E-state index contributed by atoms with van der Waals surface area (Å²) in [7, 11) is -9.90. The molecular weight excluding hydrogens is 1150 g/mol. The summed E-state index contributed by atoms with van der Waals surface area (Å²) in [6.07, 6.45) is 39.3. The first-order valence-corrected chi connectivity index (χ1v) is 38.2. The Labute approximate surface area is 530 Å². The fraction of sp³-hybridized carbons (Fsp3) is 0.941. The van der Waals surface area contributed by atoms with Gasteiger partial charge in [-0.05, 0) is 49.4 Å². The zero-order valence-electron chi connectivity index (χ0n) is 56.6. The largest absolute Gasteiger partial charge is 0.472 e. The Morgan fingerprint density at radius 3 is 0.816 bits per heavy atom. The molecule has 0 amide bonds. The van der Waals surface area contributed by atoms with Crippen LogP contribution in [-0.4, -0.2) is 96.7 Å². The lowest BCUT2D eigenvalue weighted by Crippen LogP contribution is -2.30. The Kier molecular flexibility index (Phi) is 56.6. The molecule has 3 N–H and O–H groups in total. The molecular formula is C68H132O17P2. The second-order valence-corrected chi connectivity index (χ2v) is 29.1. The van der Waals surface area contributed by atoms with Crippen LogP contribution in [0.2, 0.25) is 0 Å². The van der Waals surface area contributed by atoms with Crippen LogP contribution in [0.4, 0.5) is 0 Å². The Balaban J connectivity index is 5.20. The van der Waals surface area contributed by atoms with Crippen LogP contribution in [0.3, 0.4) is 0 Å². The lowest BCUT2D eigenvalue weighted by Gasteiger charge is -2.21. The van der Waals surface area contributed by atoms with Crippen molar-refractivity contribution in [1.82, 2.24) is 0 Å². The quantitative estimate of drug-likeness (QED) is 0.0222. The number of aliphatic hydroxyl groups excluding tert-OH is 1. The van der Waals surface area contributed by atoms with Crippen LogP contribution in [0.5, 0.6) is 0 Å². The molecule has 0 radical (unpaired) electrons. The minimum Gasteiger partial charge on any atom is -0.462 e. The normalized spacial score (nSPS) is 14.6. The first-order valence-electron chi connectivity index (χ1n) is 35.2. The molecule has 0 aliphatic rings. The second-order valence-electron chi connectivity index (χ2n) is 26.2. The standard InChI is InChI=1S/C68H132O17P2/c1-9-61(8)47-39-31-25-27-33-41-49-66(71)79-55-63(84-67(72)50-42-34-22-18-16-14-12-10-11-13-15-17-20-28-36-44-58(2)3)56-82-86(74,75)80-52-62(69)53-81-87(76,77)83-57-64(54-78-65(70)48-40-32-26-24-30-38-46-60(6)7)85-68(73)51-43-35-23-19-21-29-37-45-59(4)5/h58-64,69H,9-57H2,1-8H3,(H,74,75)(H,76,77)/t61?,62-,63-,64-/m1/s1. The number of phosphoric ester groups is 2. The van der Waals surface area contributed by atoms with Crippen molar-refractivity contribution in [2.75, 3.05) is 39.6 Å². The number of rotatable bonds is 65. The van der Waals surface area contributed by atoms with Crippen LogP contribution in [0, 0.1) is 23.7 Å². The minimum absolute atomic E-state index is 0.102. The Morgan fingerprint density at radius 2 is 0.552 bits per heavy atom. The molecule has 19 heteroatoms. The highest BCUT2D eigenvalue weighted by atomic mass is 31.2. The predicted octanol–water partition coefficient (Wildman–Crippen LogP) is 18.9. The molecule has 0 saturated heterocycles. The van der Waals surface area contributed by atoms with Crippen molar-refractivity contribution in [3.63, 3.8) is 0 Å². The molecule has 0 bridgehead atoms. The van der Waals surface area contributed by atoms with Crippen molar-refractivity contribution in [3.8, 4) is 0 Å². The van der Waals surface area contributed by atoms with Gasteiger partial charge < -0.3 is 33.8 Å². The van der Waals surface area contributed by atoms with Gasteiger partial charge in [0.05, 0.1) is 26.4 Å². The van der Waals surface area contributed by atoms with E-state index in [1.807, 2.05) is 0 Å². The Bertz CT molecular complexity index is 1730. The third-order valence-electron chi connectivity index (χ3n) is 15.9. The monoisotopic (exact) mass is 1280 g/mol. The Hall–Kier alpha value is -1.94. The zero-order valence-corrected chi connectivity index (χ0v) is 58.4. The molecule has 0 spiro atoms. The van der Waals surface area contributed by atoms with Gasteiger partial charge >= 0.3 is 39.5 Å². The van der Waals surface area contributed by atoms with E-state index in [-0.39, 0.29) is 25.7 Å². The number of hydrogen-bond acceptors (Lipinski definition) is 15. The maximum atomic E-state index is 13.0. The van der Waals surface area contributed by atoms with E-state index in [9.17, 15) is 43.2 Å². The van der Waals surface area contributed by atoms with Gasteiger partial charge in [-0.3, -0.25) is 37.3 Å². The van der Waals surface area contributed by atoms with E-state index < -0.39 is 97.5 Å². The first kappa shape index (κ1) is 85.1. The third kappa shape index (κ3) is 61.3. The van der Waals surface area contributed by atoms with Crippen molar-refractivity contribution in [2.45, 2.75) is 350 Å². The average molecular weight is 1280 g/mol. The summed E-state index contributed by atoms with van der Waals surface area (Å²) < 4.78 is 68.1. The predicted molar refractivity (Wildman–Crippen MR) is 349 cm³/mol. The maximum absolute atomic E-state index is 13.0. The highest BCUT2D eigenvalue weighted by Crippen LogP contribution is 2.45. The van der Waals surface area contributed by atoms with Gasteiger partial charge in [-0.1, -0.05) is 280 Å². The highest BCUT2D eigenvalue weighted by molar-refractivity contribution is 7.47. The molecule has 0 heterocycles. The van der Waals surface area contributed by atoms with E-state index in [0.29, 0.717) is 37.5 Å². The molecule has 0 aromatic heterocycles. The van der Waals surface area contributed by atoms with E-state index in [2.05, 4.69) is 55.4 Å². The van der Waals surface area contributed by atoms with Gasteiger partial charge in [0.1, 0.15) is 19.3 Å². The third-order valence-corrected chi connectivity index (χ3v) is 17.8. The number of carbonyl (C=O) groups excluding carboxylic acids is 4. The van der Waals surface area contributed by atoms with Gasteiger partial charge in [0.25, 0.3) is 0 Å². The van der Waals surface area contributed by atoms with Crippen molar-refractivity contribution in [1.29, 1.82) is 0 Å². The SMILES string of the molecule is CCC(C)CCCCCCCCC(=O)OC[C@H](COP(=O)(O)OC[C@@H](O)COP(=O)(O)OC[C@@H](COC(=O)CCCCCCCCC(C)C)OC(=O)CCCCCCCCCC(C)C)OC(=O)CCCCCCCCCCCCCCCCCC(C)C. The average Bonchev–Trinajstić information content (AvgIpc) is 3.69. The number of phosphoric acid groups is 2. The summed E-state index contributed by atoms with van der Waals surface area (Å²) in [6.45, 7) is 14.0. The van der Waals surface area contributed by atoms with Crippen molar-refractivity contribution < 1.29 is 80.2 Å². The molecule has 0 saturated carbocycles. The van der Waals surface area contributed by atoms with Crippen molar-refractivity contribution >= 4 is 39.5 Å². The smallest absolute Gasteiger partial charge is 0.462 e. The molecule has 0 aliphatic heterocycles. The van der Waals surface area contributed by atoms with E-state index in [0.717, 1.165) is 115 Å². The fourth-order valence-electron chi connectivity index (χ4n) is 10.1. The molecule has 0 fully saturated rings. The van der Waals surface area contributed by atoms with Gasteiger partial charge in [0, 0.05) is 25.7 Å². The van der Waals surface area contributed by atoms with Crippen molar-refractivity contribution in [3.05, 3.63) is 0 Å². The fourth-order valence-corrected chi connectivity index (χ4v) is 11.7. The van der Waals surface area contributed by atoms with Crippen molar-refractivity contribution in [2.24, 2.45) is 23.7 Å².